The van der Waals surface area contributed by atoms with Crippen LogP contribution in [0.4, 0.5) is 0 Å². The van der Waals surface area contributed by atoms with Crippen molar-refractivity contribution in [2.75, 3.05) is 0 Å². The molecule has 0 saturated heterocycles. The van der Waals surface area contributed by atoms with E-state index >= 15 is 0 Å². The normalized spacial score (nSPS) is 9.84. The molecule has 0 spiro atoms. The van der Waals surface area contributed by atoms with Crippen molar-refractivity contribution in [2.45, 2.75) is 40.5 Å². The van der Waals surface area contributed by atoms with E-state index in [2.05, 4.69) is 26.8 Å². The number of aryl methyl sites for hydroxylation is 3. The average molecular weight is 511 g/mol. The van der Waals surface area contributed by atoms with Gasteiger partial charge in [-0.3, -0.25) is 0 Å². The molecule has 5 aromatic carbocycles. The lowest BCUT2D eigenvalue weighted by atomic mass is 10.0. The Morgan fingerprint density at radius 2 is 1.00 bits per heavy atom. The lowest BCUT2D eigenvalue weighted by Crippen LogP contribution is -1.84. The molecule has 0 fully saturated rings. The van der Waals surface area contributed by atoms with Crippen LogP contribution in [0.3, 0.4) is 0 Å². The highest BCUT2D eigenvalue weighted by Crippen LogP contribution is 2.22. The van der Waals surface area contributed by atoms with E-state index in [0.29, 0.717) is 28.9 Å². The molecule has 4 N–H and O–H groups in total. The smallest absolute Gasteiger partial charge is 0.116 e. The van der Waals surface area contributed by atoms with Crippen molar-refractivity contribution in [3.05, 3.63) is 131 Å². The van der Waals surface area contributed by atoms with Gasteiger partial charge in [0.2, 0.25) is 0 Å². The maximum atomic E-state index is 9.22. The first-order chi connectivity index (χ1) is 18.0. The molecule has 5 rings (SSSR count). The largest absolute Gasteiger partial charge is 0.508 e. The Morgan fingerprint density at radius 3 is 1.50 bits per heavy atom. The number of benzene rings is 5. The highest BCUT2D eigenvalue weighted by molar-refractivity contribution is 5.86. The van der Waals surface area contributed by atoms with Crippen molar-refractivity contribution in [3.63, 3.8) is 0 Å². The molecule has 0 unspecified atom stereocenters. The van der Waals surface area contributed by atoms with Gasteiger partial charge in [0.25, 0.3) is 0 Å². The number of fused-ring (bicyclic) bond motifs is 1. The van der Waals surface area contributed by atoms with Gasteiger partial charge in [0.05, 0.1) is 0 Å². The molecule has 0 atom stereocenters. The van der Waals surface area contributed by atoms with Gasteiger partial charge in [-0.1, -0.05) is 80.1 Å². The molecule has 0 aromatic heterocycles. The minimum absolute atomic E-state index is 0.327. The van der Waals surface area contributed by atoms with Gasteiger partial charge in [0.1, 0.15) is 23.0 Å². The topological polar surface area (TPSA) is 80.9 Å². The molecule has 0 bridgehead atoms. The minimum Gasteiger partial charge on any atom is -0.508 e. The summed E-state index contributed by atoms with van der Waals surface area (Å²) < 4.78 is 0. The number of aromatic hydroxyl groups is 4. The van der Waals surface area contributed by atoms with Gasteiger partial charge in [-0.15, -0.1) is 0 Å². The molecule has 0 aliphatic rings. The van der Waals surface area contributed by atoms with Crippen molar-refractivity contribution in [2.24, 2.45) is 0 Å². The van der Waals surface area contributed by atoms with E-state index in [0.717, 1.165) is 10.9 Å². The molecule has 4 nitrogen and oxygen atoms in total. The molecule has 0 saturated carbocycles. The monoisotopic (exact) mass is 510 g/mol. The fraction of sp³-hybridized carbons (Fsp3) is 0.176. The van der Waals surface area contributed by atoms with Crippen LogP contribution in [0.25, 0.3) is 10.8 Å². The summed E-state index contributed by atoms with van der Waals surface area (Å²) in [5, 5.41) is 38.0. The van der Waals surface area contributed by atoms with Crippen LogP contribution < -0.4 is 0 Å². The van der Waals surface area contributed by atoms with E-state index in [1.165, 1.54) is 22.1 Å². The summed E-state index contributed by atoms with van der Waals surface area (Å²) in [4.78, 5) is 0. The number of phenols is 4. The first-order valence-corrected chi connectivity index (χ1v) is 12.5. The fourth-order valence-corrected chi connectivity index (χ4v) is 3.46. The number of hydrogen-bond donors (Lipinski definition) is 4. The zero-order valence-corrected chi connectivity index (χ0v) is 22.8. The minimum atomic E-state index is 0.327. The van der Waals surface area contributed by atoms with Crippen LogP contribution in [0.15, 0.2) is 109 Å². The molecule has 0 heterocycles. The molecular weight excluding hydrogens is 472 g/mol. The van der Waals surface area contributed by atoms with E-state index in [9.17, 15) is 5.11 Å². The molecule has 0 amide bonds. The maximum absolute atomic E-state index is 9.22. The Hall–Kier alpha value is -4.44. The molecule has 38 heavy (non-hydrogen) atoms. The summed E-state index contributed by atoms with van der Waals surface area (Å²) in [6.07, 6.45) is 0. The standard InChI is InChI=1S/C11H10O.C9H12O.2C7H8O/c1-8-3-2-4-9-7-10(12)5-6-11(8)9;1-7(2)8-3-5-9(10)6-4-8;1-6-2-4-7(8)5-3-6;1-6-3-2-4-7(8)5-6/h2-7,12H,1H3;3-7,10H,1-2H3;2*2-5,8H,1H3. The fourth-order valence-electron chi connectivity index (χ4n) is 3.46. The van der Waals surface area contributed by atoms with Crippen molar-refractivity contribution in [3.8, 4) is 23.0 Å². The second-order valence-electron chi connectivity index (χ2n) is 9.40. The highest BCUT2D eigenvalue weighted by atomic mass is 16.3. The third-order valence-electron chi connectivity index (χ3n) is 5.68. The second-order valence-corrected chi connectivity index (χ2v) is 9.40. The van der Waals surface area contributed by atoms with Crippen LogP contribution >= 0.6 is 0 Å². The van der Waals surface area contributed by atoms with Gasteiger partial charge < -0.3 is 20.4 Å². The molecule has 0 radical (unpaired) electrons. The van der Waals surface area contributed by atoms with Gasteiger partial charge in [0, 0.05) is 0 Å². The first kappa shape index (κ1) is 29.8. The van der Waals surface area contributed by atoms with Crippen LogP contribution in [-0.4, -0.2) is 20.4 Å². The van der Waals surface area contributed by atoms with E-state index in [-0.39, 0.29) is 0 Å². The zero-order valence-electron chi connectivity index (χ0n) is 22.8. The summed E-state index contributed by atoms with van der Waals surface area (Å²) in [6.45, 7) is 10.3. The van der Waals surface area contributed by atoms with Crippen LogP contribution in [0.5, 0.6) is 23.0 Å². The summed E-state index contributed by atoms with van der Waals surface area (Å²) in [5.74, 6) is 1.87. The lowest BCUT2D eigenvalue weighted by molar-refractivity contribution is 0.474. The molecule has 198 valence electrons. The predicted octanol–water partition coefficient (Wildman–Crippen LogP) is 8.77. The Bertz CT molecular complexity index is 1350. The van der Waals surface area contributed by atoms with Gasteiger partial charge in [-0.2, -0.15) is 0 Å². The van der Waals surface area contributed by atoms with E-state index < -0.39 is 0 Å². The summed E-state index contributed by atoms with van der Waals surface area (Å²) in [7, 11) is 0. The SMILES string of the molecule is CC(C)c1ccc(O)cc1.Cc1ccc(O)cc1.Cc1cccc(O)c1.Cc1cccc2cc(O)ccc12. The van der Waals surface area contributed by atoms with Gasteiger partial charge in [-0.25, -0.2) is 0 Å². The Kier molecular flexibility index (Phi) is 11.7. The third kappa shape index (κ3) is 10.7. The van der Waals surface area contributed by atoms with Crippen LogP contribution in [0, 0.1) is 20.8 Å². The Labute approximate surface area is 226 Å². The second kappa shape index (κ2) is 15.0. The van der Waals surface area contributed by atoms with Gasteiger partial charge in [-0.05, 0) is 103 Å². The van der Waals surface area contributed by atoms with E-state index in [4.69, 9.17) is 15.3 Å². The Balaban J connectivity index is 0.000000181. The average Bonchev–Trinajstić information content (AvgIpc) is 2.87. The lowest BCUT2D eigenvalue weighted by Gasteiger charge is -2.03. The predicted molar refractivity (Wildman–Crippen MR) is 158 cm³/mol. The maximum Gasteiger partial charge on any atom is 0.116 e. The van der Waals surface area contributed by atoms with Crippen molar-refractivity contribution < 1.29 is 20.4 Å². The molecule has 0 aliphatic carbocycles. The van der Waals surface area contributed by atoms with E-state index in [1.54, 1.807) is 48.5 Å². The number of hydrogen-bond acceptors (Lipinski definition) is 4. The van der Waals surface area contributed by atoms with Crippen LogP contribution in [-0.2, 0) is 0 Å². The number of phenolic OH excluding ortho intramolecular Hbond substituents is 4. The Morgan fingerprint density at radius 1 is 0.474 bits per heavy atom. The van der Waals surface area contributed by atoms with E-state index in [1.807, 2.05) is 68.4 Å². The summed E-state index contributed by atoms with van der Waals surface area (Å²) in [5.41, 5.74) is 4.76. The highest BCUT2D eigenvalue weighted by Gasteiger charge is 1.97. The zero-order chi connectivity index (χ0) is 28.1. The molecule has 5 aromatic rings. The first-order valence-electron chi connectivity index (χ1n) is 12.5. The van der Waals surface area contributed by atoms with Crippen molar-refractivity contribution in [1.82, 2.24) is 0 Å². The van der Waals surface area contributed by atoms with Gasteiger partial charge in [0.15, 0.2) is 0 Å². The van der Waals surface area contributed by atoms with Crippen molar-refractivity contribution in [1.29, 1.82) is 0 Å². The van der Waals surface area contributed by atoms with Crippen LogP contribution in [0.1, 0.15) is 42.0 Å². The third-order valence-corrected chi connectivity index (χ3v) is 5.68. The summed E-state index contributed by atoms with van der Waals surface area (Å²) in [6, 6.07) is 33.1. The number of rotatable bonds is 1. The molecule has 4 heteroatoms. The molecular formula is C34H38O4. The van der Waals surface area contributed by atoms with Gasteiger partial charge >= 0.3 is 0 Å². The quantitative estimate of drug-likeness (QED) is 0.182. The molecule has 0 aliphatic heterocycles. The van der Waals surface area contributed by atoms with Crippen LogP contribution in [0.2, 0.25) is 0 Å². The summed E-state index contributed by atoms with van der Waals surface area (Å²) >= 11 is 0. The van der Waals surface area contributed by atoms with Crippen molar-refractivity contribution >= 4 is 10.8 Å².